The van der Waals surface area contributed by atoms with E-state index in [9.17, 15) is 9.59 Å². The fourth-order valence-electron chi connectivity index (χ4n) is 3.25. The average Bonchev–Trinajstić information content (AvgIpc) is 3.03. The summed E-state index contributed by atoms with van der Waals surface area (Å²) in [4.78, 5) is 23.3. The highest BCUT2D eigenvalue weighted by Crippen LogP contribution is 2.19. The van der Waals surface area contributed by atoms with Gasteiger partial charge >= 0.3 is 0 Å². The molecule has 1 rings (SSSR count). The van der Waals surface area contributed by atoms with Crippen LogP contribution in [0.3, 0.4) is 0 Å². The quantitative estimate of drug-likeness (QED) is 0.257. The van der Waals surface area contributed by atoms with Gasteiger partial charge in [0.2, 0.25) is 11.0 Å². The monoisotopic (exact) mass is 381 g/mol. The topological polar surface area (TPSA) is 46.2 Å². The Bertz CT molecular complexity index is 409. The van der Waals surface area contributed by atoms with Gasteiger partial charge < -0.3 is 5.32 Å². The van der Waals surface area contributed by atoms with Crippen molar-refractivity contribution >= 4 is 22.8 Å². The van der Waals surface area contributed by atoms with Crippen molar-refractivity contribution in [3.63, 3.8) is 0 Å². The number of nitrogens with one attached hydrogen (secondary N) is 1. The first-order chi connectivity index (χ1) is 12.7. The molecule has 1 amide bonds. The van der Waals surface area contributed by atoms with Gasteiger partial charge in [-0.05, 0) is 38.5 Å². The smallest absolute Gasteiger partial charge is 0.220 e. The summed E-state index contributed by atoms with van der Waals surface area (Å²) in [6.45, 7) is 2.26. The zero-order valence-corrected chi connectivity index (χ0v) is 17.6. The van der Waals surface area contributed by atoms with E-state index in [1.807, 2.05) is 0 Å². The van der Waals surface area contributed by atoms with Gasteiger partial charge in [-0.15, -0.1) is 0 Å². The molecule has 0 radical (unpaired) electrons. The van der Waals surface area contributed by atoms with E-state index in [1.165, 1.54) is 82.4 Å². The Kier molecular flexibility index (Phi) is 14.7. The predicted molar refractivity (Wildman–Crippen MR) is 113 cm³/mol. The zero-order chi connectivity index (χ0) is 18.9. The molecule has 1 atom stereocenters. The molecule has 0 aromatic carbocycles. The van der Waals surface area contributed by atoms with E-state index in [2.05, 4.69) is 24.4 Å². The SMILES string of the molecule is CCCCCCCCC=CCCCCCCCC(=O)NC1CCSC1=O. The summed E-state index contributed by atoms with van der Waals surface area (Å²) >= 11 is 1.34. The molecule has 1 unspecified atom stereocenters. The molecular formula is C22H39NO2S. The second-order valence-electron chi connectivity index (χ2n) is 7.41. The van der Waals surface area contributed by atoms with Crippen LogP contribution in [0.1, 0.15) is 103 Å². The number of carbonyl (C=O) groups is 2. The predicted octanol–water partition coefficient (Wildman–Crippen LogP) is 6.17. The molecule has 0 aromatic heterocycles. The Morgan fingerprint density at radius 2 is 1.54 bits per heavy atom. The molecule has 26 heavy (non-hydrogen) atoms. The Hall–Kier alpha value is -0.770. The van der Waals surface area contributed by atoms with Crippen molar-refractivity contribution < 1.29 is 9.59 Å². The summed E-state index contributed by atoms with van der Waals surface area (Å²) in [5.74, 6) is 0.889. The molecule has 0 saturated carbocycles. The van der Waals surface area contributed by atoms with Crippen LogP contribution in [0.4, 0.5) is 0 Å². The number of rotatable bonds is 16. The maximum atomic E-state index is 11.8. The van der Waals surface area contributed by atoms with Crippen LogP contribution in [0.2, 0.25) is 0 Å². The minimum absolute atomic E-state index is 0.0449. The summed E-state index contributed by atoms with van der Waals surface area (Å²) in [6.07, 6.45) is 22.5. The Morgan fingerprint density at radius 3 is 2.12 bits per heavy atom. The van der Waals surface area contributed by atoms with Crippen molar-refractivity contribution in [1.82, 2.24) is 5.32 Å². The molecule has 1 aliphatic heterocycles. The number of hydrogen-bond acceptors (Lipinski definition) is 3. The maximum Gasteiger partial charge on any atom is 0.220 e. The van der Waals surface area contributed by atoms with Crippen LogP contribution in [0.5, 0.6) is 0 Å². The normalized spacial score (nSPS) is 17.3. The fraction of sp³-hybridized carbons (Fsp3) is 0.818. The first-order valence-electron chi connectivity index (χ1n) is 10.8. The Morgan fingerprint density at radius 1 is 0.962 bits per heavy atom. The maximum absolute atomic E-state index is 11.8. The molecular weight excluding hydrogens is 342 g/mol. The lowest BCUT2D eigenvalue weighted by Crippen LogP contribution is -2.36. The summed E-state index contributed by atoms with van der Waals surface area (Å²) < 4.78 is 0. The lowest BCUT2D eigenvalue weighted by atomic mass is 10.1. The van der Waals surface area contributed by atoms with Gasteiger partial charge in [-0.1, -0.05) is 82.2 Å². The minimum Gasteiger partial charge on any atom is -0.345 e. The van der Waals surface area contributed by atoms with E-state index >= 15 is 0 Å². The Labute approximate surface area is 165 Å². The second-order valence-corrected chi connectivity index (χ2v) is 8.51. The van der Waals surface area contributed by atoms with E-state index in [1.54, 1.807) is 0 Å². The van der Waals surface area contributed by atoms with E-state index in [0.717, 1.165) is 25.0 Å². The van der Waals surface area contributed by atoms with Gasteiger partial charge in [0.05, 0.1) is 6.04 Å². The van der Waals surface area contributed by atoms with Gasteiger partial charge in [0.1, 0.15) is 0 Å². The molecule has 3 nitrogen and oxygen atoms in total. The van der Waals surface area contributed by atoms with Gasteiger partial charge in [0.15, 0.2) is 0 Å². The largest absolute Gasteiger partial charge is 0.345 e. The number of thioether (sulfide) groups is 1. The molecule has 1 N–H and O–H groups in total. The number of carbonyl (C=O) groups excluding carboxylic acids is 2. The van der Waals surface area contributed by atoms with E-state index in [-0.39, 0.29) is 17.1 Å². The van der Waals surface area contributed by atoms with Crippen molar-refractivity contribution in [2.45, 2.75) is 109 Å². The summed E-state index contributed by atoms with van der Waals surface area (Å²) in [5, 5.41) is 2.99. The molecule has 0 spiro atoms. The van der Waals surface area contributed by atoms with Crippen molar-refractivity contribution in [1.29, 1.82) is 0 Å². The first kappa shape index (κ1) is 23.3. The van der Waals surface area contributed by atoms with Crippen LogP contribution in [0.15, 0.2) is 12.2 Å². The van der Waals surface area contributed by atoms with Crippen molar-refractivity contribution in [3.8, 4) is 0 Å². The first-order valence-corrected chi connectivity index (χ1v) is 11.8. The van der Waals surface area contributed by atoms with Gasteiger partial charge in [-0.2, -0.15) is 0 Å². The van der Waals surface area contributed by atoms with Crippen molar-refractivity contribution in [2.24, 2.45) is 0 Å². The van der Waals surface area contributed by atoms with Gasteiger partial charge in [0.25, 0.3) is 0 Å². The third-order valence-corrected chi connectivity index (χ3v) is 5.95. The molecule has 150 valence electrons. The lowest BCUT2D eigenvalue weighted by molar-refractivity contribution is -0.124. The molecule has 0 bridgehead atoms. The van der Waals surface area contributed by atoms with Crippen LogP contribution in [-0.4, -0.2) is 22.8 Å². The highest BCUT2D eigenvalue weighted by molar-refractivity contribution is 8.14. The molecule has 1 fully saturated rings. The Balaban J connectivity index is 1.81. The van der Waals surface area contributed by atoms with Crippen LogP contribution >= 0.6 is 11.8 Å². The third-order valence-electron chi connectivity index (χ3n) is 4.94. The molecule has 1 saturated heterocycles. The molecule has 1 heterocycles. The summed E-state index contributed by atoms with van der Waals surface area (Å²) in [7, 11) is 0. The van der Waals surface area contributed by atoms with Crippen LogP contribution in [0.25, 0.3) is 0 Å². The highest BCUT2D eigenvalue weighted by atomic mass is 32.2. The molecule has 0 aromatic rings. The third kappa shape index (κ3) is 12.6. The van der Waals surface area contributed by atoms with Crippen molar-refractivity contribution in [2.75, 3.05) is 5.75 Å². The van der Waals surface area contributed by atoms with E-state index < -0.39 is 0 Å². The van der Waals surface area contributed by atoms with Gasteiger partial charge in [-0.25, -0.2) is 0 Å². The van der Waals surface area contributed by atoms with Gasteiger partial charge in [-0.3, -0.25) is 9.59 Å². The number of amides is 1. The minimum atomic E-state index is -0.226. The number of allylic oxidation sites excluding steroid dienone is 2. The van der Waals surface area contributed by atoms with Crippen LogP contribution in [-0.2, 0) is 9.59 Å². The van der Waals surface area contributed by atoms with Crippen LogP contribution in [0, 0.1) is 0 Å². The fourth-order valence-corrected chi connectivity index (χ4v) is 4.18. The van der Waals surface area contributed by atoms with Gasteiger partial charge in [0, 0.05) is 12.2 Å². The van der Waals surface area contributed by atoms with E-state index in [4.69, 9.17) is 0 Å². The molecule has 4 heteroatoms. The highest BCUT2D eigenvalue weighted by Gasteiger charge is 2.26. The summed E-state index contributed by atoms with van der Waals surface area (Å²) in [5.41, 5.74) is 0. The standard InChI is InChI=1S/C22H39NO2S/c1-2-3-4-5-6-7-8-9-10-11-12-13-14-15-16-17-21(24)23-20-18-19-26-22(20)25/h9-10,20H,2-8,11-19H2,1H3,(H,23,24). The lowest BCUT2D eigenvalue weighted by Gasteiger charge is -2.09. The number of hydrogen-bond donors (Lipinski definition) is 1. The van der Waals surface area contributed by atoms with E-state index in [0.29, 0.717) is 6.42 Å². The second kappa shape index (κ2) is 16.4. The number of unbranched alkanes of at least 4 members (excludes halogenated alkanes) is 11. The average molecular weight is 382 g/mol. The van der Waals surface area contributed by atoms with Crippen LogP contribution < -0.4 is 5.32 Å². The molecule has 1 aliphatic rings. The molecule has 0 aliphatic carbocycles. The summed E-state index contributed by atoms with van der Waals surface area (Å²) in [6, 6.07) is -0.226. The zero-order valence-electron chi connectivity index (χ0n) is 16.8. The van der Waals surface area contributed by atoms with Crippen molar-refractivity contribution in [3.05, 3.63) is 12.2 Å².